The van der Waals surface area contributed by atoms with E-state index in [9.17, 15) is 9.59 Å². The van der Waals surface area contributed by atoms with Gasteiger partial charge < -0.3 is 10.7 Å². The molecule has 2 aromatic carbocycles. The fourth-order valence-electron chi connectivity index (χ4n) is 2.86. The van der Waals surface area contributed by atoms with Crippen molar-refractivity contribution >= 4 is 55.2 Å². The van der Waals surface area contributed by atoms with E-state index in [1.807, 2.05) is 36.4 Å². The molecule has 0 atom stereocenters. The molecule has 2 aromatic heterocycles. The van der Waals surface area contributed by atoms with Gasteiger partial charge in [-0.15, -0.1) is 0 Å². The topological polar surface area (TPSA) is 113 Å². The number of aromatic amines is 1. The van der Waals surface area contributed by atoms with Crippen molar-refractivity contribution in [2.24, 2.45) is 5.73 Å². The number of benzene rings is 2. The van der Waals surface area contributed by atoms with Crippen LogP contribution in [0.1, 0.15) is 21.0 Å². The maximum absolute atomic E-state index is 12.7. The zero-order valence-electron chi connectivity index (χ0n) is 13.9. The van der Waals surface area contributed by atoms with E-state index < -0.39 is 11.8 Å². The molecule has 134 valence electrons. The normalized spacial score (nSPS) is 10.9. The maximum atomic E-state index is 12.7. The van der Waals surface area contributed by atoms with Crippen molar-refractivity contribution in [3.63, 3.8) is 0 Å². The molecule has 5 N–H and O–H groups in total. The highest BCUT2D eigenvalue weighted by Crippen LogP contribution is 2.27. The largest absolute Gasteiger partial charge is 0.364 e. The smallest absolute Gasteiger partial charge is 0.290 e. The summed E-state index contributed by atoms with van der Waals surface area (Å²) < 4.78 is 0.926. The molecule has 0 unspecified atom stereocenters. The number of fused-ring (bicyclic) bond motifs is 3. The molecule has 8 heteroatoms. The Kier molecular flexibility index (Phi) is 4.25. The van der Waals surface area contributed by atoms with Crippen LogP contribution in [0, 0.1) is 0 Å². The van der Waals surface area contributed by atoms with Crippen LogP contribution in [0.25, 0.3) is 21.8 Å². The third kappa shape index (κ3) is 3.22. The second-order valence-electron chi connectivity index (χ2n) is 5.90. The summed E-state index contributed by atoms with van der Waals surface area (Å²) in [4.78, 5) is 31.8. The third-order valence-electron chi connectivity index (χ3n) is 4.13. The van der Waals surface area contributed by atoms with Crippen LogP contribution in [0.15, 0.2) is 59.1 Å². The number of rotatable bonds is 4. The van der Waals surface area contributed by atoms with E-state index in [1.54, 1.807) is 18.2 Å². The van der Waals surface area contributed by atoms with Crippen LogP contribution in [0.3, 0.4) is 0 Å². The van der Waals surface area contributed by atoms with Crippen molar-refractivity contribution in [3.8, 4) is 0 Å². The lowest BCUT2D eigenvalue weighted by Crippen LogP contribution is -2.31. The lowest BCUT2D eigenvalue weighted by Gasteiger charge is -2.09. The van der Waals surface area contributed by atoms with Crippen molar-refractivity contribution < 1.29 is 9.59 Å². The Morgan fingerprint density at radius 2 is 1.78 bits per heavy atom. The van der Waals surface area contributed by atoms with E-state index in [1.165, 1.54) is 0 Å². The molecule has 0 saturated carbocycles. The average Bonchev–Trinajstić information content (AvgIpc) is 3.05. The number of primary amides is 1. The maximum Gasteiger partial charge on any atom is 0.290 e. The number of hydrazine groups is 1. The van der Waals surface area contributed by atoms with E-state index in [2.05, 4.69) is 36.7 Å². The first-order valence-electron chi connectivity index (χ1n) is 8.06. The second-order valence-corrected chi connectivity index (χ2v) is 6.82. The molecule has 0 aliphatic rings. The second kappa shape index (κ2) is 6.73. The number of anilines is 1. The molecule has 4 aromatic rings. The first-order chi connectivity index (χ1) is 13.0. The number of halogens is 1. The predicted molar refractivity (Wildman–Crippen MR) is 107 cm³/mol. The fourth-order valence-corrected chi connectivity index (χ4v) is 3.12. The average molecular weight is 424 g/mol. The number of nitrogens with zero attached hydrogens (tertiary/aromatic N) is 1. The van der Waals surface area contributed by atoms with E-state index in [-0.39, 0.29) is 11.4 Å². The SMILES string of the molecule is NC(=O)c1cc2c([nH]c3ccccc32)c(C(=O)NNc2ccc(Br)cc2)n1. The minimum absolute atomic E-state index is 0.0287. The first-order valence-corrected chi connectivity index (χ1v) is 8.85. The molecular formula is C19H14BrN5O2. The van der Waals surface area contributed by atoms with Gasteiger partial charge in [0.05, 0.1) is 11.2 Å². The number of para-hydroxylation sites is 1. The highest BCUT2D eigenvalue weighted by atomic mass is 79.9. The lowest BCUT2D eigenvalue weighted by atomic mass is 10.1. The summed E-state index contributed by atoms with van der Waals surface area (Å²) in [6.07, 6.45) is 0. The van der Waals surface area contributed by atoms with Gasteiger partial charge in [0, 0.05) is 20.8 Å². The summed E-state index contributed by atoms with van der Waals surface area (Å²) in [7, 11) is 0. The molecule has 0 aliphatic heterocycles. The Hall–Kier alpha value is -3.39. The monoisotopic (exact) mass is 423 g/mol. The number of H-pyrrole nitrogens is 1. The van der Waals surface area contributed by atoms with Gasteiger partial charge >= 0.3 is 0 Å². The van der Waals surface area contributed by atoms with Gasteiger partial charge in [-0.1, -0.05) is 34.1 Å². The van der Waals surface area contributed by atoms with Crippen molar-refractivity contribution in [2.75, 3.05) is 5.43 Å². The predicted octanol–water partition coefficient (Wildman–Crippen LogP) is 3.33. The quantitative estimate of drug-likeness (QED) is 0.377. The Labute approximate surface area is 162 Å². The van der Waals surface area contributed by atoms with Gasteiger partial charge in [0.1, 0.15) is 5.69 Å². The van der Waals surface area contributed by atoms with Crippen LogP contribution >= 0.6 is 15.9 Å². The number of amides is 2. The number of aromatic nitrogens is 2. The van der Waals surface area contributed by atoms with Crippen LogP contribution in [0.5, 0.6) is 0 Å². The van der Waals surface area contributed by atoms with Crippen LogP contribution in [-0.2, 0) is 0 Å². The molecule has 0 aliphatic carbocycles. The standard InChI is InChI=1S/C19H14BrN5O2/c20-10-5-7-11(8-6-10)24-25-19(27)17-16-13(9-15(23-17)18(21)26)12-3-1-2-4-14(12)22-16/h1-9,22,24H,(H2,21,26)(H,25,27). The first kappa shape index (κ1) is 17.0. The van der Waals surface area contributed by atoms with Gasteiger partial charge in [-0.2, -0.15) is 0 Å². The molecule has 2 amide bonds. The minimum atomic E-state index is -0.697. The molecule has 0 fully saturated rings. The van der Waals surface area contributed by atoms with Crippen LogP contribution in [0.4, 0.5) is 5.69 Å². The molecule has 7 nitrogen and oxygen atoms in total. The zero-order chi connectivity index (χ0) is 19.0. The van der Waals surface area contributed by atoms with Crippen molar-refractivity contribution in [3.05, 3.63) is 70.5 Å². The number of hydrogen-bond donors (Lipinski definition) is 4. The Balaban J connectivity index is 1.75. The molecular weight excluding hydrogens is 410 g/mol. The number of nitrogens with one attached hydrogen (secondary N) is 3. The number of pyridine rings is 1. The summed E-state index contributed by atoms with van der Waals surface area (Å²) in [6, 6.07) is 16.4. The highest BCUT2D eigenvalue weighted by molar-refractivity contribution is 9.10. The van der Waals surface area contributed by atoms with Gasteiger partial charge in [-0.05, 0) is 36.4 Å². The van der Waals surface area contributed by atoms with Gasteiger partial charge in [-0.3, -0.25) is 20.4 Å². The van der Waals surface area contributed by atoms with Crippen LogP contribution in [0.2, 0.25) is 0 Å². The number of carbonyl (C=O) groups is 2. The summed E-state index contributed by atoms with van der Waals surface area (Å²) in [5, 5.41) is 1.59. The highest BCUT2D eigenvalue weighted by Gasteiger charge is 2.19. The molecule has 2 heterocycles. The minimum Gasteiger partial charge on any atom is -0.364 e. The van der Waals surface area contributed by atoms with Gasteiger partial charge in [0.15, 0.2) is 5.69 Å². The molecule has 0 radical (unpaired) electrons. The van der Waals surface area contributed by atoms with Crippen molar-refractivity contribution in [2.45, 2.75) is 0 Å². The van der Waals surface area contributed by atoms with Crippen molar-refractivity contribution in [1.29, 1.82) is 0 Å². The van der Waals surface area contributed by atoms with E-state index >= 15 is 0 Å². The number of nitrogens with two attached hydrogens (primary N) is 1. The molecule has 4 rings (SSSR count). The summed E-state index contributed by atoms with van der Waals surface area (Å²) in [5.74, 6) is -1.19. The molecule has 0 bridgehead atoms. The number of carbonyl (C=O) groups excluding carboxylic acids is 2. The van der Waals surface area contributed by atoms with E-state index in [0.29, 0.717) is 16.6 Å². The number of hydrogen-bond acceptors (Lipinski definition) is 4. The van der Waals surface area contributed by atoms with E-state index in [4.69, 9.17) is 5.73 Å². The molecule has 27 heavy (non-hydrogen) atoms. The molecule has 0 saturated heterocycles. The third-order valence-corrected chi connectivity index (χ3v) is 4.66. The van der Waals surface area contributed by atoms with Gasteiger partial charge in [0.25, 0.3) is 11.8 Å². The van der Waals surface area contributed by atoms with Crippen LogP contribution < -0.4 is 16.6 Å². The van der Waals surface area contributed by atoms with E-state index in [0.717, 1.165) is 15.4 Å². The fraction of sp³-hybridized carbons (Fsp3) is 0. The van der Waals surface area contributed by atoms with Gasteiger partial charge in [0.2, 0.25) is 0 Å². The van der Waals surface area contributed by atoms with Gasteiger partial charge in [-0.25, -0.2) is 4.98 Å². The summed E-state index contributed by atoms with van der Waals surface area (Å²) >= 11 is 3.35. The lowest BCUT2D eigenvalue weighted by molar-refractivity contribution is 0.0959. The Bertz CT molecular complexity index is 1180. The van der Waals surface area contributed by atoms with Crippen LogP contribution in [-0.4, -0.2) is 21.8 Å². The van der Waals surface area contributed by atoms with Crippen molar-refractivity contribution in [1.82, 2.24) is 15.4 Å². The Morgan fingerprint density at radius 3 is 2.52 bits per heavy atom. The molecule has 0 spiro atoms. The summed E-state index contributed by atoms with van der Waals surface area (Å²) in [5.41, 5.74) is 13.0. The Morgan fingerprint density at radius 1 is 1.04 bits per heavy atom. The zero-order valence-corrected chi connectivity index (χ0v) is 15.5. The summed E-state index contributed by atoms with van der Waals surface area (Å²) in [6.45, 7) is 0.